The molecule has 0 aliphatic carbocycles. The Labute approximate surface area is 118 Å². The maximum atomic E-state index is 13.3. The first-order chi connectivity index (χ1) is 10.1. The van der Waals surface area contributed by atoms with Gasteiger partial charge in [-0.2, -0.15) is 4.39 Å². The van der Waals surface area contributed by atoms with Gasteiger partial charge in [0.25, 0.3) is 0 Å². The van der Waals surface area contributed by atoms with Crippen LogP contribution in [-0.4, -0.2) is 10.9 Å². The summed E-state index contributed by atoms with van der Waals surface area (Å²) in [5, 5.41) is 10.7. The van der Waals surface area contributed by atoms with Crippen LogP contribution in [0.1, 0.15) is 21.5 Å². The van der Waals surface area contributed by atoms with Gasteiger partial charge in [-0.15, -0.1) is 0 Å². The third-order valence-electron chi connectivity index (χ3n) is 3.08. The average Bonchev–Trinajstić information content (AvgIpc) is 2.78. The fourth-order valence-electron chi connectivity index (χ4n) is 2.10. The van der Waals surface area contributed by atoms with Crippen molar-refractivity contribution in [2.45, 2.75) is 0 Å². The fourth-order valence-corrected chi connectivity index (χ4v) is 2.10. The zero-order valence-corrected chi connectivity index (χ0v) is 10.6. The summed E-state index contributed by atoms with van der Waals surface area (Å²) in [6.45, 7) is 0. The van der Waals surface area contributed by atoms with Gasteiger partial charge < -0.3 is 4.74 Å². The molecular formula is C15H8FNO4. The number of nitro groups is 1. The molecule has 1 aliphatic rings. The van der Waals surface area contributed by atoms with Crippen LogP contribution in [-0.2, 0) is 4.74 Å². The Bertz CT molecular complexity index is 798. The topological polar surface area (TPSA) is 69.4 Å². The molecule has 21 heavy (non-hydrogen) atoms. The molecule has 104 valence electrons. The Morgan fingerprint density at radius 3 is 2.57 bits per heavy atom. The van der Waals surface area contributed by atoms with Crippen molar-refractivity contribution in [1.29, 1.82) is 0 Å². The lowest BCUT2D eigenvalue weighted by Gasteiger charge is -2.00. The predicted molar refractivity (Wildman–Crippen MR) is 72.8 cm³/mol. The smallest absolute Gasteiger partial charge is 0.344 e. The minimum atomic E-state index is -0.911. The number of halogens is 1. The lowest BCUT2D eigenvalue weighted by molar-refractivity contribution is -0.387. The Kier molecular flexibility index (Phi) is 2.98. The number of hydrogen-bond acceptors (Lipinski definition) is 4. The molecule has 0 saturated heterocycles. The highest BCUT2D eigenvalue weighted by molar-refractivity contribution is 6.05. The van der Waals surface area contributed by atoms with Crippen LogP contribution in [0.3, 0.4) is 0 Å². The van der Waals surface area contributed by atoms with E-state index in [1.165, 1.54) is 12.1 Å². The highest BCUT2D eigenvalue weighted by Crippen LogP contribution is 2.31. The summed E-state index contributed by atoms with van der Waals surface area (Å²) in [5.41, 5.74) is 0.791. The number of cyclic esters (lactones) is 1. The van der Waals surface area contributed by atoms with Gasteiger partial charge in [-0.3, -0.25) is 10.1 Å². The van der Waals surface area contributed by atoms with Gasteiger partial charge >= 0.3 is 11.7 Å². The Morgan fingerprint density at radius 1 is 1.14 bits per heavy atom. The second-order valence-corrected chi connectivity index (χ2v) is 4.41. The maximum absolute atomic E-state index is 13.3. The van der Waals surface area contributed by atoms with Crippen molar-refractivity contribution in [1.82, 2.24) is 0 Å². The number of carbonyl (C=O) groups excluding carboxylic acids is 1. The highest BCUT2D eigenvalue weighted by Gasteiger charge is 2.25. The van der Waals surface area contributed by atoms with E-state index in [9.17, 15) is 19.3 Å². The molecule has 5 nitrogen and oxygen atoms in total. The van der Waals surface area contributed by atoms with Crippen LogP contribution < -0.4 is 0 Å². The molecule has 0 amide bonds. The second kappa shape index (κ2) is 4.82. The number of esters is 1. The number of ether oxygens (including phenoxy) is 1. The third kappa shape index (κ3) is 2.27. The van der Waals surface area contributed by atoms with E-state index in [1.54, 1.807) is 24.3 Å². The van der Waals surface area contributed by atoms with Gasteiger partial charge in [0, 0.05) is 11.6 Å². The lowest BCUT2D eigenvalue weighted by atomic mass is 10.1. The molecule has 0 spiro atoms. The van der Waals surface area contributed by atoms with Crippen molar-refractivity contribution in [3.8, 4) is 0 Å². The molecule has 0 bridgehead atoms. The van der Waals surface area contributed by atoms with E-state index in [2.05, 4.69) is 0 Å². The number of carbonyl (C=O) groups is 1. The van der Waals surface area contributed by atoms with Gasteiger partial charge in [-0.25, -0.2) is 4.79 Å². The summed E-state index contributed by atoms with van der Waals surface area (Å²) in [7, 11) is 0. The zero-order valence-electron chi connectivity index (χ0n) is 10.6. The number of nitro benzene ring substituents is 1. The van der Waals surface area contributed by atoms with Crippen LogP contribution in [0.4, 0.5) is 10.1 Å². The summed E-state index contributed by atoms with van der Waals surface area (Å²) in [6, 6.07) is 10.3. The van der Waals surface area contributed by atoms with Crippen molar-refractivity contribution in [2.75, 3.05) is 0 Å². The molecule has 0 saturated carbocycles. The second-order valence-electron chi connectivity index (χ2n) is 4.41. The molecule has 3 rings (SSSR count). The lowest BCUT2D eigenvalue weighted by Crippen LogP contribution is -1.93. The maximum Gasteiger partial charge on any atom is 0.344 e. The molecule has 0 aromatic heterocycles. The summed E-state index contributed by atoms with van der Waals surface area (Å²) in [6.07, 6.45) is 1.47. The molecule has 0 radical (unpaired) electrons. The first-order valence-electron chi connectivity index (χ1n) is 6.03. The SMILES string of the molecule is O=C1O/C(=C/c2ccc(F)c([N+](=O)[O-])c2)c2ccccc21. The molecule has 0 N–H and O–H groups in total. The summed E-state index contributed by atoms with van der Waals surface area (Å²) < 4.78 is 18.4. The number of benzene rings is 2. The Morgan fingerprint density at radius 2 is 1.86 bits per heavy atom. The Balaban J connectivity index is 2.06. The van der Waals surface area contributed by atoms with E-state index in [0.717, 1.165) is 12.1 Å². The number of fused-ring (bicyclic) bond motifs is 1. The minimum Gasteiger partial charge on any atom is -0.422 e. The average molecular weight is 285 g/mol. The van der Waals surface area contributed by atoms with Gasteiger partial charge in [0.1, 0.15) is 5.76 Å². The first-order valence-corrected chi connectivity index (χ1v) is 6.03. The Hall–Kier alpha value is -3.02. The zero-order chi connectivity index (χ0) is 15.0. The van der Waals surface area contributed by atoms with Crippen molar-refractivity contribution < 1.29 is 18.8 Å². The van der Waals surface area contributed by atoms with Gasteiger partial charge in [0.15, 0.2) is 0 Å². The van der Waals surface area contributed by atoms with Crippen molar-refractivity contribution in [3.05, 3.63) is 75.1 Å². The standard InChI is InChI=1S/C15H8FNO4/c16-12-6-5-9(7-13(12)17(19)20)8-14-10-3-1-2-4-11(10)15(18)21-14/h1-8H/b14-8+. The molecule has 0 atom stereocenters. The molecular weight excluding hydrogens is 277 g/mol. The van der Waals surface area contributed by atoms with Crippen LogP contribution in [0.5, 0.6) is 0 Å². The van der Waals surface area contributed by atoms with Crippen LogP contribution in [0, 0.1) is 15.9 Å². The van der Waals surface area contributed by atoms with E-state index in [0.29, 0.717) is 16.7 Å². The monoisotopic (exact) mass is 285 g/mol. The van der Waals surface area contributed by atoms with Gasteiger partial charge in [0.2, 0.25) is 5.82 Å². The number of hydrogen-bond donors (Lipinski definition) is 0. The van der Waals surface area contributed by atoms with E-state index >= 15 is 0 Å². The molecule has 0 unspecified atom stereocenters. The predicted octanol–water partition coefficient (Wildman–Crippen LogP) is 3.40. The van der Waals surface area contributed by atoms with Crippen molar-refractivity contribution in [3.63, 3.8) is 0 Å². The van der Waals surface area contributed by atoms with E-state index in [-0.39, 0.29) is 5.76 Å². The van der Waals surface area contributed by atoms with Gasteiger partial charge in [-0.1, -0.05) is 24.3 Å². The third-order valence-corrected chi connectivity index (χ3v) is 3.08. The van der Waals surface area contributed by atoms with Gasteiger partial charge in [0.05, 0.1) is 10.5 Å². The minimum absolute atomic E-state index is 0.288. The number of nitrogens with zero attached hydrogens (tertiary/aromatic N) is 1. The molecule has 0 fully saturated rings. The molecule has 2 aromatic rings. The van der Waals surface area contributed by atoms with Gasteiger partial charge in [-0.05, 0) is 23.8 Å². The van der Waals surface area contributed by atoms with Crippen molar-refractivity contribution >= 4 is 23.5 Å². The van der Waals surface area contributed by atoms with Crippen molar-refractivity contribution in [2.24, 2.45) is 0 Å². The normalized spacial score (nSPS) is 14.9. The van der Waals surface area contributed by atoms with Crippen LogP contribution in [0.2, 0.25) is 0 Å². The summed E-state index contributed by atoms with van der Waals surface area (Å²) >= 11 is 0. The fraction of sp³-hybridized carbons (Fsp3) is 0. The van der Waals surface area contributed by atoms with E-state index < -0.39 is 22.4 Å². The van der Waals surface area contributed by atoms with E-state index in [1.807, 2.05) is 0 Å². The van der Waals surface area contributed by atoms with Crippen LogP contribution in [0.15, 0.2) is 42.5 Å². The molecule has 2 aromatic carbocycles. The molecule has 1 heterocycles. The summed E-state index contributed by atoms with van der Waals surface area (Å²) in [4.78, 5) is 21.6. The quantitative estimate of drug-likeness (QED) is 0.481. The van der Waals surface area contributed by atoms with Crippen LogP contribution >= 0.6 is 0 Å². The molecule has 1 aliphatic heterocycles. The molecule has 6 heteroatoms. The largest absolute Gasteiger partial charge is 0.422 e. The van der Waals surface area contributed by atoms with Crippen LogP contribution in [0.25, 0.3) is 11.8 Å². The summed E-state index contributed by atoms with van der Waals surface area (Å²) in [5.74, 6) is -1.10. The number of rotatable bonds is 2. The first kappa shape index (κ1) is 13.0. The highest BCUT2D eigenvalue weighted by atomic mass is 19.1. The van der Waals surface area contributed by atoms with E-state index in [4.69, 9.17) is 4.74 Å².